The molecule has 6 aromatic carbocycles. The summed E-state index contributed by atoms with van der Waals surface area (Å²) in [5, 5.41) is 12.6. The number of hydrogen-bond acceptors (Lipinski definition) is 5. The Bertz CT molecular complexity index is 3060. The van der Waals surface area contributed by atoms with Crippen molar-refractivity contribution in [2.45, 2.75) is 51.3 Å². The van der Waals surface area contributed by atoms with Gasteiger partial charge in [0.1, 0.15) is 5.82 Å². The van der Waals surface area contributed by atoms with Gasteiger partial charge in [-0.25, -0.2) is 0 Å². The lowest BCUT2D eigenvalue weighted by molar-refractivity contribution is 0.685. The van der Waals surface area contributed by atoms with Crippen molar-refractivity contribution < 1.29 is 0 Å². The van der Waals surface area contributed by atoms with Gasteiger partial charge in [-0.2, -0.15) is 0 Å². The molecule has 5 heterocycles. The number of aryl methyl sites for hydroxylation is 1. The topological polar surface area (TPSA) is 17.0 Å². The zero-order valence-electron chi connectivity index (χ0n) is 28.7. The molecule has 12 rings (SSSR count). The van der Waals surface area contributed by atoms with Gasteiger partial charge in [-0.15, -0.1) is 22.7 Å². The highest BCUT2D eigenvalue weighted by Gasteiger charge is 2.32. The van der Waals surface area contributed by atoms with Gasteiger partial charge in [0.2, 0.25) is 0 Å². The molecular formula is C47H32N2S4. The minimum absolute atomic E-state index is 0.00790. The number of nitrogens with one attached hydrogen (secondary N) is 1. The van der Waals surface area contributed by atoms with E-state index in [0.717, 1.165) is 25.7 Å². The zero-order valence-corrected chi connectivity index (χ0v) is 32.0. The van der Waals surface area contributed by atoms with Gasteiger partial charge in [0, 0.05) is 76.7 Å². The number of aromatic nitrogens is 1. The molecule has 1 aliphatic carbocycles. The van der Waals surface area contributed by atoms with Crippen LogP contribution < -0.4 is 5.32 Å². The van der Waals surface area contributed by atoms with E-state index in [1.807, 2.05) is 46.2 Å². The van der Waals surface area contributed by atoms with Gasteiger partial charge in [-0.1, -0.05) is 121 Å². The molecule has 2 aliphatic heterocycles. The summed E-state index contributed by atoms with van der Waals surface area (Å²) in [7, 11) is 0. The lowest BCUT2D eigenvalue weighted by atomic mass is 9.96. The van der Waals surface area contributed by atoms with Crippen LogP contribution in [-0.4, -0.2) is 4.57 Å². The molecule has 0 saturated heterocycles. The first-order valence-electron chi connectivity index (χ1n) is 18.4. The summed E-state index contributed by atoms with van der Waals surface area (Å²) in [4.78, 5) is 6.84. The van der Waals surface area contributed by atoms with Crippen LogP contribution in [-0.2, 0) is 12.8 Å². The van der Waals surface area contributed by atoms with Gasteiger partial charge in [-0.05, 0) is 78.6 Å². The number of hydrogen-bond donors (Lipinski definition) is 1. The van der Waals surface area contributed by atoms with E-state index in [0.29, 0.717) is 0 Å². The second-order valence-corrected chi connectivity index (χ2v) is 18.5. The summed E-state index contributed by atoms with van der Waals surface area (Å²) in [5.74, 6) is 1.20. The fraction of sp³-hybridized carbons (Fsp3) is 0.106. The van der Waals surface area contributed by atoms with Crippen LogP contribution in [0.3, 0.4) is 0 Å². The molecule has 1 atom stereocenters. The number of rotatable bonds is 2. The summed E-state index contributed by atoms with van der Waals surface area (Å²) in [6.45, 7) is 0. The standard InChI is InChI=1S/C47H32N2S4/c1-2-15-30-28(14-1)44-41(42-32-17-5-8-22-36(32)51-46(30)42)31-16-3-6-20-34(31)49(44)40-26-12-18-29-27-13-4-7-21-35(27)52-47(29)43(48-40)33-19-11-25-39-45(33)53-38-24-10-9-23-37(38)50-39/h1-5,7-11,13-17,19,21-26,43,48H,6,12,18,20H2/b40-26-. The Hall–Kier alpha value is -4.72. The predicted octanol–water partition coefficient (Wildman–Crippen LogP) is 14.1. The third kappa shape index (κ3) is 4.53. The lowest BCUT2D eigenvalue weighted by Gasteiger charge is -2.30. The molecule has 0 fully saturated rings. The fourth-order valence-electron chi connectivity index (χ4n) is 9.04. The van der Waals surface area contributed by atoms with E-state index >= 15 is 0 Å². The Morgan fingerprint density at radius 1 is 0.604 bits per heavy atom. The quantitative estimate of drug-likeness (QED) is 0.190. The third-order valence-electron chi connectivity index (χ3n) is 11.3. The van der Waals surface area contributed by atoms with E-state index in [1.54, 1.807) is 0 Å². The van der Waals surface area contributed by atoms with Crippen LogP contribution in [0.2, 0.25) is 0 Å². The van der Waals surface area contributed by atoms with E-state index in [4.69, 9.17) is 0 Å². The van der Waals surface area contributed by atoms with Gasteiger partial charge in [0.15, 0.2) is 0 Å². The molecule has 0 radical (unpaired) electrons. The molecule has 0 bridgehead atoms. The molecule has 6 heteroatoms. The van der Waals surface area contributed by atoms with E-state index in [2.05, 4.69) is 143 Å². The smallest absolute Gasteiger partial charge is 0.107 e. The molecule has 9 aromatic rings. The minimum atomic E-state index is -0.00790. The average molecular weight is 753 g/mol. The van der Waals surface area contributed by atoms with Gasteiger partial charge < -0.3 is 5.32 Å². The Balaban J connectivity index is 1.14. The SMILES string of the molecule is C1=Cc2c(n(/C3=C\CCc4c(sc5ccccc45)C(c4cccc5c4Sc4ccccc4S5)N3)c3c4ccccc4c4sc5ccccc5c4c23)CC1. The van der Waals surface area contributed by atoms with Crippen molar-refractivity contribution in [2.24, 2.45) is 0 Å². The van der Waals surface area contributed by atoms with Crippen molar-refractivity contribution >= 4 is 110 Å². The van der Waals surface area contributed by atoms with Gasteiger partial charge in [0.05, 0.1) is 11.6 Å². The summed E-state index contributed by atoms with van der Waals surface area (Å²) in [6, 6.07) is 43.0. The summed E-state index contributed by atoms with van der Waals surface area (Å²) < 4.78 is 6.77. The maximum Gasteiger partial charge on any atom is 0.107 e. The van der Waals surface area contributed by atoms with E-state index in [-0.39, 0.29) is 6.04 Å². The highest BCUT2D eigenvalue weighted by molar-refractivity contribution is 8.05. The molecule has 3 aromatic heterocycles. The molecule has 1 N–H and O–H groups in total. The summed E-state index contributed by atoms with van der Waals surface area (Å²) >= 11 is 7.76. The average Bonchev–Trinajstić information content (AvgIpc) is 3.87. The second kappa shape index (κ2) is 11.9. The van der Waals surface area contributed by atoms with Crippen LogP contribution in [0, 0.1) is 0 Å². The minimum Gasteiger partial charge on any atom is -0.360 e. The van der Waals surface area contributed by atoms with Gasteiger partial charge >= 0.3 is 0 Å². The van der Waals surface area contributed by atoms with Crippen molar-refractivity contribution in [3.8, 4) is 0 Å². The van der Waals surface area contributed by atoms with E-state index in [9.17, 15) is 0 Å². The van der Waals surface area contributed by atoms with Crippen LogP contribution >= 0.6 is 46.2 Å². The number of thiophene rings is 2. The van der Waals surface area contributed by atoms with Crippen LogP contribution in [0.15, 0.2) is 147 Å². The number of nitrogens with zero attached hydrogens (tertiary/aromatic N) is 1. The second-order valence-electron chi connectivity index (χ2n) is 14.2. The van der Waals surface area contributed by atoms with Crippen molar-refractivity contribution in [1.29, 1.82) is 0 Å². The fourth-order valence-corrected chi connectivity index (χ4v) is 14.0. The zero-order chi connectivity index (χ0) is 34.6. The molecule has 2 nitrogen and oxygen atoms in total. The van der Waals surface area contributed by atoms with Crippen LogP contribution in [0.25, 0.3) is 63.8 Å². The molecule has 254 valence electrons. The van der Waals surface area contributed by atoms with Crippen molar-refractivity contribution in [2.75, 3.05) is 0 Å². The number of fused-ring (bicyclic) bond motifs is 15. The van der Waals surface area contributed by atoms with Gasteiger partial charge in [-0.3, -0.25) is 4.57 Å². The largest absolute Gasteiger partial charge is 0.360 e. The molecule has 3 aliphatic rings. The molecular weight excluding hydrogens is 721 g/mol. The molecule has 0 spiro atoms. The Morgan fingerprint density at radius 2 is 1.32 bits per heavy atom. The maximum atomic E-state index is 4.34. The van der Waals surface area contributed by atoms with E-state index < -0.39 is 0 Å². The maximum absolute atomic E-state index is 4.34. The molecule has 0 saturated carbocycles. The normalized spacial score (nSPS) is 17.6. The number of allylic oxidation sites excluding steroid dienone is 2. The summed E-state index contributed by atoms with van der Waals surface area (Å²) in [6.07, 6.45) is 11.4. The van der Waals surface area contributed by atoms with Crippen LogP contribution in [0.5, 0.6) is 0 Å². The predicted molar refractivity (Wildman–Crippen MR) is 230 cm³/mol. The highest BCUT2D eigenvalue weighted by Crippen LogP contribution is 2.53. The monoisotopic (exact) mass is 752 g/mol. The Morgan fingerprint density at radius 3 is 2.19 bits per heavy atom. The third-order valence-corrected chi connectivity index (χ3v) is 16.4. The first-order valence-corrected chi connectivity index (χ1v) is 21.7. The Kier molecular flexibility index (Phi) is 6.89. The Labute approximate surface area is 323 Å². The first-order chi connectivity index (χ1) is 26.3. The molecule has 0 amide bonds. The summed E-state index contributed by atoms with van der Waals surface area (Å²) in [5.41, 5.74) is 6.98. The van der Waals surface area contributed by atoms with E-state index in [1.165, 1.54) is 105 Å². The van der Waals surface area contributed by atoms with Crippen molar-refractivity contribution in [3.05, 3.63) is 155 Å². The van der Waals surface area contributed by atoms with Crippen molar-refractivity contribution in [1.82, 2.24) is 9.88 Å². The van der Waals surface area contributed by atoms with Gasteiger partial charge in [0.25, 0.3) is 0 Å². The molecule has 53 heavy (non-hydrogen) atoms. The highest BCUT2D eigenvalue weighted by atomic mass is 32.2. The van der Waals surface area contributed by atoms with Crippen LogP contribution in [0.1, 0.15) is 46.1 Å². The van der Waals surface area contributed by atoms with Crippen molar-refractivity contribution in [3.63, 3.8) is 0 Å². The molecule has 1 unspecified atom stereocenters. The first kappa shape index (κ1) is 30.7. The van der Waals surface area contributed by atoms with Crippen LogP contribution in [0.4, 0.5) is 0 Å². The lowest BCUT2D eigenvalue weighted by Crippen LogP contribution is -2.27. The number of benzene rings is 6.